The number of hydrogen-bond acceptors (Lipinski definition) is 2. The van der Waals surface area contributed by atoms with E-state index in [1.165, 1.54) is 51.7 Å². The van der Waals surface area contributed by atoms with E-state index in [0.717, 1.165) is 12.6 Å². The Bertz CT molecular complexity index is 162. The average Bonchev–Trinajstić information content (AvgIpc) is 2.29. The molecule has 15 heavy (non-hydrogen) atoms. The molecular formula is C13H26N2. The molecular weight excluding hydrogens is 184 g/mol. The number of piperidine rings is 1. The number of nitrogens with one attached hydrogen (secondary N) is 1. The molecule has 0 aromatic heterocycles. The zero-order chi connectivity index (χ0) is 10.9. The monoisotopic (exact) mass is 210 g/mol. The summed E-state index contributed by atoms with van der Waals surface area (Å²) in [6.45, 7) is 10.8. The van der Waals surface area contributed by atoms with Crippen molar-refractivity contribution in [2.75, 3.05) is 26.2 Å². The summed E-state index contributed by atoms with van der Waals surface area (Å²) in [5.41, 5.74) is 0. The summed E-state index contributed by atoms with van der Waals surface area (Å²) >= 11 is 0. The summed E-state index contributed by atoms with van der Waals surface area (Å²) in [6, 6.07) is 0.793. The second-order valence-electron chi connectivity index (χ2n) is 4.47. The van der Waals surface area contributed by atoms with Crippen LogP contribution in [-0.2, 0) is 0 Å². The molecule has 0 amide bonds. The molecule has 1 aliphatic rings. The summed E-state index contributed by atoms with van der Waals surface area (Å²) in [4.78, 5) is 2.61. The van der Waals surface area contributed by atoms with Crippen LogP contribution in [0.4, 0.5) is 0 Å². The molecule has 0 aromatic rings. The lowest BCUT2D eigenvalue weighted by atomic mass is 10.0. The Balaban J connectivity index is 2.29. The van der Waals surface area contributed by atoms with Gasteiger partial charge in [0.1, 0.15) is 0 Å². The molecule has 0 saturated carbocycles. The van der Waals surface area contributed by atoms with Gasteiger partial charge in [-0.15, -0.1) is 6.58 Å². The van der Waals surface area contributed by atoms with Gasteiger partial charge in [0.25, 0.3) is 0 Å². The first-order chi connectivity index (χ1) is 7.38. The molecule has 0 unspecified atom stereocenters. The molecule has 0 aliphatic carbocycles. The third-order valence-corrected chi connectivity index (χ3v) is 3.24. The summed E-state index contributed by atoms with van der Waals surface area (Å²) in [5.74, 6) is 0. The van der Waals surface area contributed by atoms with Crippen LogP contribution < -0.4 is 5.32 Å². The van der Waals surface area contributed by atoms with Gasteiger partial charge >= 0.3 is 0 Å². The minimum Gasteiger partial charge on any atom is -0.317 e. The summed E-state index contributed by atoms with van der Waals surface area (Å²) in [5, 5.41) is 3.43. The Morgan fingerprint density at radius 1 is 1.33 bits per heavy atom. The van der Waals surface area contributed by atoms with Crippen molar-refractivity contribution < 1.29 is 0 Å². The zero-order valence-electron chi connectivity index (χ0n) is 10.2. The smallest absolute Gasteiger partial charge is 0.0163 e. The lowest BCUT2D eigenvalue weighted by Gasteiger charge is -2.34. The summed E-state index contributed by atoms with van der Waals surface area (Å²) in [6.07, 6.45) is 8.68. The maximum absolute atomic E-state index is 3.87. The van der Waals surface area contributed by atoms with Crippen LogP contribution in [-0.4, -0.2) is 37.1 Å². The van der Waals surface area contributed by atoms with Gasteiger partial charge in [-0.25, -0.2) is 0 Å². The van der Waals surface area contributed by atoms with Gasteiger partial charge in [-0.3, -0.25) is 4.90 Å². The lowest BCUT2D eigenvalue weighted by molar-refractivity contribution is 0.176. The summed E-state index contributed by atoms with van der Waals surface area (Å²) < 4.78 is 0. The number of rotatable bonds is 7. The fourth-order valence-electron chi connectivity index (χ4n) is 2.33. The van der Waals surface area contributed by atoms with Gasteiger partial charge in [-0.05, 0) is 38.9 Å². The molecule has 0 bridgehead atoms. The fourth-order valence-corrected chi connectivity index (χ4v) is 2.33. The molecule has 0 radical (unpaired) electrons. The van der Waals surface area contributed by atoms with Crippen molar-refractivity contribution in [1.82, 2.24) is 10.2 Å². The molecule has 2 nitrogen and oxygen atoms in total. The van der Waals surface area contributed by atoms with E-state index < -0.39 is 0 Å². The van der Waals surface area contributed by atoms with Crippen LogP contribution in [0.25, 0.3) is 0 Å². The molecule has 1 saturated heterocycles. The number of nitrogens with zero attached hydrogens (tertiary/aromatic N) is 1. The van der Waals surface area contributed by atoms with E-state index in [9.17, 15) is 0 Å². The Labute approximate surface area is 94.7 Å². The molecule has 88 valence electrons. The van der Waals surface area contributed by atoms with E-state index in [1.54, 1.807) is 0 Å². The number of hydrogen-bond donors (Lipinski definition) is 1. The van der Waals surface area contributed by atoms with E-state index in [4.69, 9.17) is 0 Å². The van der Waals surface area contributed by atoms with Crippen LogP contribution in [0.5, 0.6) is 0 Å². The van der Waals surface area contributed by atoms with Gasteiger partial charge < -0.3 is 5.32 Å². The van der Waals surface area contributed by atoms with Crippen LogP contribution in [0.15, 0.2) is 12.7 Å². The first-order valence-corrected chi connectivity index (χ1v) is 6.44. The average molecular weight is 210 g/mol. The first kappa shape index (κ1) is 12.7. The molecule has 0 spiro atoms. The topological polar surface area (TPSA) is 15.3 Å². The highest BCUT2D eigenvalue weighted by Crippen LogP contribution is 2.13. The van der Waals surface area contributed by atoms with Crippen LogP contribution in [0.3, 0.4) is 0 Å². The van der Waals surface area contributed by atoms with Crippen LogP contribution >= 0.6 is 0 Å². The Morgan fingerprint density at radius 2 is 2.07 bits per heavy atom. The highest BCUT2D eigenvalue weighted by molar-refractivity contribution is 4.82. The standard InChI is InChI=1S/C13H26N2/c1-3-5-6-12-15(11-4-2)13-7-9-14-10-8-13/h4,13-14H,2-3,5-12H2,1H3. The van der Waals surface area contributed by atoms with Crippen molar-refractivity contribution >= 4 is 0 Å². The third-order valence-electron chi connectivity index (χ3n) is 3.24. The van der Waals surface area contributed by atoms with E-state index in [1.807, 2.05) is 6.08 Å². The highest BCUT2D eigenvalue weighted by Gasteiger charge is 2.18. The van der Waals surface area contributed by atoms with Gasteiger partial charge in [-0.2, -0.15) is 0 Å². The van der Waals surface area contributed by atoms with Crippen molar-refractivity contribution in [2.24, 2.45) is 0 Å². The SMILES string of the molecule is C=CCN(CCCCC)C1CCNCC1. The lowest BCUT2D eigenvalue weighted by Crippen LogP contribution is -2.43. The Morgan fingerprint density at radius 3 is 2.67 bits per heavy atom. The predicted octanol–water partition coefficient (Wildman–Crippen LogP) is 2.42. The van der Waals surface area contributed by atoms with Gasteiger partial charge in [0.05, 0.1) is 0 Å². The van der Waals surface area contributed by atoms with Crippen LogP contribution in [0, 0.1) is 0 Å². The van der Waals surface area contributed by atoms with Crippen LogP contribution in [0.2, 0.25) is 0 Å². The van der Waals surface area contributed by atoms with E-state index in [-0.39, 0.29) is 0 Å². The van der Waals surface area contributed by atoms with Crippen molar-refractivity contribution in [3.8, 4) is 0 Å². The zero-order valence-corrected chi connectivity index (χ0v) is 10.2. The van der Waals surface area contributed by atoms with Crippen molar-refractivity contribution in [3.05, 3.63) is 12.7 Å². The number of unbranched alkanes of at least 4 members (excludes halogenated alkanes) is 2. The van der Waals surface area contributed by atoms with E-state index >= 15 is 0 Å². The molecule has 1 fully saturated rings. The van der Waals surface area contributed by atoms with Crippen molar-refractivity contribution in [2.45, 2.75) is 45.1 Å². The first-order valence-electron chi connectivity index (χ1n) is 6.44. The molecule has 0 aromatic carbocycles. The van der Waals surface area contributed by atoms with Gasteiger partial charge in [-0.1, -0.05) is 25.8 Å². The molecule has 1 heterocycles. The summed E-state index contributed by atoms with van der Waals surface area (Å²) in [7, 11) is 0. The second kappa shape index (κ2) is 7.89. The van der Waals surface area contributed by atoms with E-state index in [0.29, 0.717) is 0 Å². The van der Waals surface area contributed by atoms with Gasteiger partial charge in [0.15, 0.2) is 0 Å². The third kappa shape index (κ3) is 4.80. The van der Waals surface area contributed by atoms with Crippen LogP contribution in [0.1, 0.15) is 39.0 Å². The molecule has 1 aliphatic heterocycles. The maximum atomic E-state index is 3.87. The minimum absolute atomic E-state index is 0.793. The second-order valence-corrected chi connectivity index (χ2v) is 4.47. The molecule has 1 rings (SSSR count). The molecule has 2 heteroatoms. The molecule has 0 atom stereocenters. The highest BCUT2D eigenvalue weighted by atomic mass is 15.2. The van der Waals surface area contributed by atoms with Gasteiger partial charge in [0.2, 0.25) is 0 Å². The normalized spacial score (nSPS) is 18.3. The maximum Gasteiger partial charge on any atom is 0.0163 e. The van der Waals surface area contributed by atoms with Gasteiger partial charge in [0, 0.05) is 12.6 Å². The minimum atomic E-state index is 0.793. The van der Waals surface area contributed by atoms with Crippen molar-refractivity contribution in [3.63, 3.8) is 0 Å². The predicted molar refractivity (Wildman–Crippen MR) is 67.2 cm³/mol. The van der Waals surface area contributed by atoms with Crippen molar-refractivity contribution in [1.29, 1.82) is 0 Å². The quantitative estimate of drug-likeness (QED) is 0.513. The fraction of sp³-hybridized carbons (Fsp3) is 0.846. The Kier molecular flexibility index (Phi) is 6.69. The Hall–Kier alpha value is -0.340. The largest absolute Gasteiger partial charge is 0.317 e. The molecule has 1 N–H and O–H groups in total. The van der Waals surface area contributed by atoms with E-state index in [2.05, 4.69) is 23.7 Å².